The number of rotatable bonds is 8. The monoisotopic (exact) mass is 267 g/mol. The molecule has 0 saturated carbocycles. The van der Waals surface area contributed by atoms with Crippen LogP contribution in [0.15, 0.2) is 12.3 Å². The zero-order valence-electron chi connectivity index (χ0n) is 11.7. The summed E-state index contributed by atoms with van der Waals surface area (Å²) in [5.74, 6) is 0. The van der Waals surface area contributed by atoms with Crippen LogP contribution in [0.1, 0.15) is 24.6 Å². The molecule has 0 spiro atoms. The van der Waals surface area contributed by atoms with Gasteiger partial charge in [-0.25, -0.2) is 0 Å². The highest BCUT2D eigenvalue weighted by Crippen LogP contribution is 2.18. The second-order valence-electron chi connectivity index (χ2n) is 4.53. The molecule has 1 heterocycles. The molecule has 0 aliphatic heterocycles. The van der Waals surface area contributed by atoms with Crippen molar-refractivity contribution in [2.45, 2.75) is 32.7 Å². The molecule has 1 aromatic heterocycles. The topological polar surface area (TPSA) is 77.3 Å². The minimum absolute atomic E-state index is 0.122. The van der Waals surface area contributed by atoms with Crippen LogP contribution in [0.25, 0.3) is 0 Å². The van der Waals surface area contributed by atoms with Gasteiger partial charge in [0.05, 0.1) is 11.5 Å². The number of methoxy groups -OCH3 is 1. The van der Waals surface area contributed by atoms with Crippen LogP contribution < -0.4 is 5.32 Å². The van der Waals surface area contributed by atoms with Crippen LogP contribution in [-0.4, -0.2) is 36.2 Å². The van der Waals surface area contributed by atoms with Gasteiger partial charge in [-0.3, -0.25) is 15.1 Å². The van der Waals surface area contributed by atoms with Gasteiger partial charge in [-0.15, -0.1) is 0 Å². The number of nitrogens with one attached hydrogen (secondary N) is 1. The van der Waals surface area contributed by atoms with Gasteiger partial charge in [0.2, 0.25) is 0 Å². The van der Waals surface area contributed by atoms with E-state index in [-0.39, 0.29) is 16.7 Å². The van der Waals surface area contributed by atoms with Crippen molar-refractivity contribution in [2.75, 3.05) is 20.3 Å². The van der Waals surface area contributed by atoms with Crippen molar-refractivity contribution >= 4 is 5.69 Å². The largest absolute Gasteiger partial charge is 0.383 e. The third-order valence-corrected chi connectivity index (χ3v) is 2.83. The van der Waals surface area contributed by atoms with Gasteiger partial charge in [0, 0.05) is 43.1 Å². The molecule has 0 fully saturated rings. The van der Waals surface area contributed by atoms with E-state index in [9.17, 15) is 10.1 Å². The van der Waals surface area contributed by atoms with Crippen LogP contribution in [0.3, 0.4) is 0 Å². The molecular formula is C13H21N3O3. The van der Waals surface area contributed by atoms with Crippen molar-refractivity contribution in [3.05, 3.63) is 33.6 Å². The molecule has 1 aromatic rings. The van der Waals surface area contributed by atoms with E-state index >= 15 is 0 Å². The van der Waals surface area contributed by atoms with Gasteiger partial charge >= 0.3 is 0 Å². The number of pyridine rings is 1. The van der Waals surface area contributed by atoms with Gasteiger partial charge in [-0.2, -0.15) is 0 Å². The molecule has 0 aliphatic carbocycles. The minimum atomic E-state index is -0.370. The van der Waals surface area contributed by atoms with Crippen molar-refractivity contribution in [1.82, 2.24) is 10.3 Å². The van der Waals surface area contributed by atoms with Gasteiger partial charge in [-0.05, 0) is 19.9 Å². The first-order chi connectivity index (χ1) is 9.08. The fourth-order valence-corrected chi connectivity index (χ4v) is 1.86. The van der Waals surface area contributed by atoms with Gasteiger partial charge in [0.1, 0.15) is 0 Å². The minimum Gasteiger partial charge on any atom is -0.383 e. The number of aromatic nitrogens is 1. The number of nitrogens with zero attached hydrogens (tertiary/aromatic N) is 2. The molecule has 6 heteroatoms. The summed E-state index contributed by atoms with van der Waals surface area (Å²) < 4.78 is 5.15. The highest BCUT2D eigenvalue weighted by Gasteiger charge is 2.15. The summed E-state index contributed by atoms with van der Waals surface area (Å²) in [6, 6.07) is 1.67. The zero-order valence-corrected chi connectivity index (χ0v) is 11.7. The van der Waals surface area contributed by atoms with Gasteiger partial charge in [0.25, 0.3) is 5.69 Å². The lowest BCUT2D eigenvalue weighted by atomic mass is 10.1. The Morgan fingerprint density at radius 1 is 1.58 bits per heavy atom. The molecule has 6 nitrogen and oxygen atoms in total. The van der Waals surface area contributed by atoms with E-state index in [1.165, 1.54) is 0 Å². The molecule has 106 valence electrons. The molecule has 0 bridgehead atoms. The first-order valence-electron chi connectivity index (χ1n) is 6.40. The predicted octanol–water partition coefficient (Wildman–Crippen LogP) is 1.86. The number of hydrogen-bond donors (Lipinski definition) is 1. The third kappa shape index (κ3) is 4.92. The van der Waals surface area contributed by atoms with Crippen LogP contribution in [0.2, 0.25) is 0 Å². The van der Waals surface area contributed by atoms with E-state index in [0.717, 1.165) is 13.0 Å². The maximum Gasteiger partial charge on any atom is 0.275 e. The molecule has 0 amide bonds. The number of aryl methyl sites for hydroxylation is 1. The summed E-state index contributed by atoms with van der Waals surface area (Å²) in [4.78, 5) is 14.8. The SMILES string of the molecule is CCCNC(COC)Cc1cc([N+](=O)[O-])c(C)cn1. The Labute approximate surface area is 113 Å². The normalized spacial score (nSPS) is 12.4. The zero-order chi connectivity index (χ0) is 14.3. The van der Waals surface area contributed by atoms with Crippen molar-refractivity contribution in [3.63, 3.8) is 0 Å². The summed E-state index contributed by atoms with van der Waals surface area (Å²) >= 11 is 0. The summed E-state index contributed by atoms with van der Waals surface area (Å²) in [6.07, 6.45) is 3.20. The molecular weight excluding hydrogens is 246 g/mol. The first-order valence-corrected chi connectivity index (χ1v) is 6.40. The molecule has 0 radical (unpaired) electrons. The van der Waals surface area contributed by atoms with Crippen molar-refractivity contribution < 1.29 is 9.66 Å². The molecule has 1 rings (SSSR count). The van der Waals surface area contributed by atoms with Crippen molar-refractivity contribution in [1.29, 1.82) is 0 Å². The lowest BCUT2D eigenvalue weighted by Gasteiger charge is -2.17. The molecule has 1 N–H and O–H groups in total. The second kappa shape index (κ2) is 7.81. The maximum atomic E-state index is 10.9. The Kier molecular flexibility index (Phi) is 6.38. The van der Waals surface area contributed by atoms with E-state index < -0.39 is 0 Å². The number of hydrogen-bond acceptors (Lipinski definition) is 5. The molecule has 0 aliphatic rings. The number of nitro groups is 1. The van der Waals surface area contributed by atoms with E-state index in [0.29, 0.717) is 24.3 Å². The number of ether oxygens (including phenoxy) is 1. The summed E-state index contributed by atoms with van der Waals surface area (Å²) in [5, 5.41) is 14.2. The van der Waals surface area contributed by atoms with E-state index in [1.54, 1.807) is 26.3 Å². The highest BCUT2D eigenvalue weighted by atomic mass is 16.6. The van der Waals surface area contributed by atoms with Crippen molar-refractivity contribution in [3.8, 4) is 0 Å². The van der Waals surface area contributed by atoms with Crippen LogP contribution in [-0.2, 0) is 11.2 Å². The van der Waals surface area contributed by atoms with E-state index in [2.05, 4.69) is 17.2 Å². The molecule has 1 unspecified atom stereocenters. The van der Waals surface area contributed by atoms with Gasteiger partial charge < -0.3 is 10.1 Å². The Balaban J connectivity index is 2.78. The van der Waals surface area contributed by atoms with Gasteiger partial charge in [-0.1, -0.05) is 6.92 Å². The Morgan fingerprint density at radius 3 is 2.89 bits per heavy atom. The molecule has 1 atom stereocenters. The fourth-order valence-electron chi connectivity index (χ4n) is 1.86. The summed E-state index contributed by atoms with van der Waals surface area (Å²) in [6.45, 7) is 5.23. The average molecular weight is 267 g/mol. The first kappa shape index (κ1) is 15.5. The highest BCUT2D eigenvalue weighted by molar-refractivity contribution is 5.38. The van der Waals surface area contributed by atoms with Crippen LogP contribution in [0.5, 0.6) is 0 Å². The Morgan fingerprint density at radius 2 is 2.32 bits per heavy atom. The lowest BCUT2D eigenvalue weighted by molar-refractivity contribution is -0.385. The smallest absolute Gasteiger partial charge is 0.275 e. The Bertz CT molecular complexity index is 424. The van der Waals surface area contributed by atoms with Crippen LogP contribution in [0, 0.1) is 17.0 Å². The quantitative estimate of drug-likeness (QED) is 0.574. The van der Waals surface area contributed by atoms with Crippen molar-refractivity contribution in [2.24, 2.45) is 0 Å². The van der Waals surface area contributed by atoms with Crippen LogP contribution in [0.4, 0.5) is 5.69 Å². The standard InChI is InChI=1S/C13H21N3O3/c1-4-5-14-12(9-19-3)6-11-7-13(16(17)18)10(2)8-15-11/h7-8,12,14H,4-6,9H2,1-3H3. The molecule has 0 aromatic carbocycles. The second-order valence-corrected chi connectivity index (χ2v) is 4.53. The lowest BCUT2D eigenvalue weighted by Crippen LogP contribution is -2.35. The van der Waals surface area contributed by atoms with Crippen LogP contribution >= 0.6 is 0 Å². The summed E-state index contributed by atoms with van der Waals surface area (Å²) in [7, 11) is 1.64. The summed E-state index contributed by atoms with van der Waals surface area (Å²) in [5.41, 5.74) is 1.41. The molecule has 0 saturated heterocycles. The average Bonchev–Trinajstić information content (AvgIpc) is 2.38. The van der Waals surface area contributed by atoms with Gasteiger partial charge in [0.15, 0.2) is 0 Å². The van der Waals surface area contributed by atoms with E-state index in [4.69, 9.17) is 4.74 Å². The van der Waals surface area contributed by atoms with E-state index in [1.807, 2.05) is 0 Å². The molecule has 19 heavy (non-hydrogen) atoms. The third-order valence-electron chi connectivity index (χ3n) is 2.83. The fraction of sp³-hybridized carbons (Fsp3) is 0.615. The maximum absolute atomic E-state index is 10.9. The Hall–Kier alpha value is -1.53. The predicted molar refractivity (Wildman–Crippen MR) is 73.3 cm³/mol.